The first-order valence-electron chi connectivity index (χ1n) is 16.5. The summed E-state index contributed by atoms with van der Waals surface area (Å²) >= 11 is 0. The first kappa shape index (κ1) is 36.2. The maximum Gasteiger partial charge on any atom is 0.254 e. The van der Waals surface area contributed by atoms with Crippen molar-refractivity contribution in [2.45, 2.75) is 51.7 Å². The zero-order chi connectivity index (χ0) is 34.8. The average Bonchev–Trinajstić information content (AvgIpc) is 3.09. The fourth-order valence-corrected chi connectivity index (χ4v) is 5.82. The second-order valence-electron chi connectivity index (χ2n) is 12.6. The van der Waals surface area contributed by atoms with E-state index in [1.807, 2.05) is 44.2 Å². The van der Waals surface area contributed by atoms with Crippen LogP contribution in [0.15, 0.2) is 48.5 Å². The van der Waals surface area contributed by atoms with Crippen LogP contribution in [0, 0.1) is 5.92 Å². The van der Waals surface area contributed by atoms with Gasteiger partial charge in [0, 0.05) is 45.2 Å². The number of anilines is 1. The zero-order valence-corrected chi connectivity index (χ0v) is 28.5. The van der Waals surface area contributed by atoms with E-state index >= 15 is 0 Å². The number of amides is 5. The summed E-state index contributed by atoms with van der Waals surface area (Å²) in [6.07, 6.45) is 0.548. The third-order valence-electron chi connectivity index (χ3n) is 8.64. The summed E-state index contributed by atoms with van der Waals surface area (Å²) in [5.74, 6) is -1.69. The molecule has 0 aliphatic carbocycles. The number of morpholine rings is 1. The molecule has 0 radical (unpaired) electrons. The predicted molar refractivity (Wildman–Crippen MR) is 181 cm³/mol. The number of hydrogen-bond acceptors (Lipinski definition) is 8. The molecule has 0 spiro atoms. The second-order valence-corrected chi connectivity index (χ2v) is 12.6. The number of hydrogen-bond donors (Lipinski definition) is 3. The largest absolute Gasteiger partial charge is 0.495 e. The molecule has 48 heavy (non-hydrogen) atoms. The fourth-order valence-electron chi connectivity index (χ4n) is 5.82. The summed E-state index contributed by atoms with van der Waals surface area (Å²) in [5.41, 5.74) is 1.92. The van der Waals surface area contributed by atoms with Gasteiger partial charge in [-0.3, -0.25) is 24.0 Å². The lowest BCUT2D eigenvalue weighted by Crippen LogP contribution is -2.57. The van der Waals surface area contributed by atoms with Crippen molar-refractivity contribution in [1.29, 1.82) is 0 Å². The lowest BCUT2D eigenvalue weighted by atomic mass is 10.0. The van der Waals surface area contributed by atoms with Crippen LogP contribution in [-0.4, -0.2) is 118 Å². The fraction of sp³-hybridized carbons (Fsp3) is 0.514. The third-order valence-corrected chi connectivity index (χ3v) is 8.64. The number of methoxy groups -OCH3 is 1. The Kier molecular flexibility index (Phi) is 12.8. The number of nitrogens with zero attached hydrogens (tertiary/aromatic N) is 3. The molecule has 4 rings (SSSR count). The quantitative estimate of drug-likeness (QED) is 0.400. The maximum absolute atomic E-state index is 14.0. The summed E-state index contributed by atoms with van der Waals surface area (Å²) in [5, 5.41) is 8.48. The maximum atomic E-state index is 14.0. The molecule has 2 aliphatic heterocycles. The van der Waals surface area contributed by atoms with Gasteiger partial charge >= 0.3 is 0 Å². The Labute approximate surface area is 282 Å². The standard InChI is InChI=1S/C35H48N6O7/c1-23(2)19-28-35(46)39(4)24(3)32(43)38-27(20-25-9-7-6-8-10-25)33(44)36-13-14-41(22-31(42)37-28)34(45)26-11-12-30(47-5)29(21-26)40-15-17-48-18-16-40/h6-12,21,23-24,27-28H,13-20,22H2,1-5H3,(H,36,44)(H,37,42)(H,38,43)/t24-,27-,28-/m0/s1. The molecule has 0 bridgehead atoms. The lowest BCUT2D eigenvalue weighted by molar-refractivity contribution is -0.142. The molecule has 5 amide bonds. The number of carbonyl (C=O) groups is 5. The van der Waals surface area contributed by atoms with E-state index in [4.69, 9.17) is 9.47 Å². The van der Waals surface area contributed by atoms with E-state index in [-0.39, 0.29) is 32.0 Å². The Morgan fingerprint density at radius 3 is 2.33 bits per heavy atom. The van der Waals surface area contributed by atoms with Crippen LogP contribution in [0.1, 0.15) is 43.1 Å². The molecule has 2 aliphatic rings. The SMILES string of the molecule is COc1ccc(C(=O)N2CCNC(=O)[C@H](Cc3ccccc3)NC(=O)[C@H](C)N(C)C(=O)[C@H](CC(C)C)NC(=O)C2)cc1N1CCOCC1. The highest BCUT2D eigenvalue weighted by molar-refractivity contribution is 5.99. The van der Waals surface area contributed by atoms with Gasteiger partial charge in [0.2, 0.25) is 23.6 Å². The summed E-state index contributed by atoms with van der Waals surface area (Å²) in [6.45, 7) is 7.47. The molecule has 2 aromatic rings. The third kappa shape index (κ3) is 9.46. The van der Waals surface area contributed by atoms with Crippen molar-refractivity contribution < 1.29 is 33.4 Å². The number of nitrogens with one attached hydrogen (secondary N) is 3. The summed E-state index contributed by atoms with van der Waals surface area (Å²) in [6, 6.07) is 11.6. The van der Waals surface area contributed by atoms with Crippen LogP contribution in [-0.2, 0) is 30.3 Å². The Hall–Kier alpha value is -4.65. The number of ether oxygens (including phenoxy) is 2. The minimum atomic E-state index is -0.941. The topological polar surface area (TPSA) is 150 Å². The van der Waals surface area contributed by atoms with Crippen LogP contribution < -0.4 is 25.6 Å². The van der Waals surface area contributed by atoms with Gasteiger partial charge in [0.15, 0.2) is 0 Å². The Morgan fingerprint density at radius 1 is 0.958 bits per heavy atom. The van der Waals surface area contributed by atoms with E-state index in [1.54, 1.807) is 32.2 Å². The van der Waals surface area contributed by atoms with Gasteiger partial charge in [-0.15, -0.1) is 0 Å². The first-order chi connectivity index (χ1) is 23.0. The van der Waals surface area contributed by atoms with Crippen LogP contribution in [0.4, 0.5) is 5.69 Å². The van der Waals surface area contributed by atoms with Crippen molar-refractivity contribution >= 4 is 35.2 Å². The van der Waals surface area contributed by atoms with E-state index in [0.29, 0.717) is 44.0 Å². The summed E-state index contributed by atoms with van der Waals surface area (Å²) in [4.78, 5) is 72.9. The highest BCUT2D eigenvalue weighted by Crippen LogP contribution is 2.30. The number of carbonyl (C=O) groups excluding carboxylic acids is 5. The smallest absolute Gasteiger partial charge is 0.254 e. The Balaban J connectivity index is 1.65. The second kappa shape index (κ2) is 17.0. The van der Waals surface area contributed by atoms with E-state index in [0.717, 1.165) is 11.3 Å². The van der Waals surface area contributed by atoms with Crippen molar-refractivity contribution in [3.63, 3.8) is 0 Å². The molecule has 2 saturated heterocycles. The Morgan fingerprint density at radius 2 is 1.67 bits per heavy atom. The number of rotatable bonds is 7. The van der Waals surface area contributed by atoms with Crippen molar-refractivity contribution in [2.75, 3.05) is 65.0 Å². The highest BCUT2D eigenvalue weighted by atomic mass is 16.5. The minimum absolute atomic E-state index is 0.00200. The van der Waals surface area contributed by atoms with Crippen LogP contribution in [0.2, 0.25) is 0 Å². The molecule has 0 unspecified atom stereocenters. The van der Waals surface area contributed by atoms with Gasteiger partial charge in [-0.1, -0.05) is 44.2 Å². The minimum Gasteiger partial charge on any atom is -0.495 e. The average molecular weight is 665 g/mol. The summed E-state index contributed by atoms with van der Waals surface area (Å²) < 4.78 is 11.1. The van der Waals surface area contributed by atoms with Crippen molar-refractivity contribution in [1.82, 2.24) is 25.8 Å². The van der Waals surface area contributed by atoms with Crippen LogP contribution in [0.25, 0.3) is 0 Å². The molecule has 260 valence electrons. The molecule has 0 saturated carbocycles. The van der Waals surface area contributed by atoms with Crippen molar-refractivity contribution in [2.24, 2.45) is 5.92 Å². The van der Waals surface area contributed by atoms with Crippen LogP contribution in [0.5, 0.6) is 5.75 Å². The number of likely N-dealkylation sites (N-methyl/N-ethyl adjacent to an activating group) is 1. The van der Waals surface area contributed by atoms with Gasteiger partial charge in [0.1, 0.15) is 23.9 Å². The van der Waals surface area contributed by atoms with E-state index in [2.05, 4.69) is 20.9 Å². The molecule has 2 aromatic carbocycles. The molecule has 0 aromatic heterocycles. The summed E-state index contributed by atoms with van der Waals surface area (Å²) in [7, 11) is 3.07. The van der Waals surface area contributed by atoms with Gasteiger partial charge in [-0.25, -0.2) is 0 Å². The van der Waals surface area contributed by atoms with Crippen molar-refractivity contribution in [3.05, 3.63) is 59.7 Å². The molecule has 3 atom stereocenters. The van der Waals surface area contributed by atoms with E-state index in [1.165, 1.54) is 16.8 Å². The van der Waals surface area contributed by atoms with Gasteiger partial charge in [0.25, 0.3) is 5.91 Å². The lowest BCUT2D eigenvalue weighted by Gasteiger charge is -2.31. The molecule has 13 nitrogen and oxygen atoms in total. The first-order valence-corrected chi connectivity index (χ1v) is 16.5. The highest BCUT2D eigenvalue weighted by Gasteiger charge is 2.33. The van der Waals surface area contributed by atoms with E-state index < -0.39 is 47.7 Å². The molecule has 2 fully saturated rings. The molecule has 2 heterocycles. The molecular weight excluding hydrogens is 616 g/mol. The van der Waals surface area contributed by atoms with E-state index in [9.17, 15) is 24.0 Å². The van der Waals surface area contributed by atoms with Crippen molar-refractivity contribution in [3.8, 4) is 5.75 Å². The monoisotopic (exact) mass is 664 g/mol. The molecule has 3 N–H and O–H groups in total. The predicted octanol–water partition coefficient (Wildman–Crippen LogP) is 1.21. The normalized spacial score (nSPS) is 22.0. The Bertz CT molecular complexity index is 1450. The van der Waals surface area contributed by atoms with Gasteiger partial charge in [-0.05, 0) is 43.0 Å². The molecular formula is C35H48N6O7. The number of benzene rings is 2. The van der Waals surface area contributed by atoms with Crippen LogP contribution in [0.3, 0.4) is 0 Å². The van der Waals surface area contributed by atoms with Gasteiger partial charge in [0.05, 0.1) is 32.6 Å². The van der Waals surface area contributed by atoms with Gasteiger partial charge in [-0.2, -0.15) is 0 Å². The molecule has 13 heteroatoms. The van der Waals surface area contributed by atoms with Crippen LogP contribution >= 0.6 is 0 Å². The van der Waals surface area contributed by atoms with Gasteiger partial charge < -0.3 is 40.1 Å². The zero-order valence-electron chi connectivity index (χ0n) is 28.5.